The molecule has 2 aliphatic rings. The summed E-state index contributed by atoms with van der Waals surface area (Å²) in [5.74, 6) is -5.08. The average molecular weight is 862 g/mol. The predicted octanol–water partition coefficient (Wildman–Crippen LogP) is 6.10. The third kappa shape index (κ3) is 12.7. The van der Waals surface area contributed by atoms with E-state index in [-0.39, 0.29) is 32.0 Å². The molecule has 2 rings (SSSR count). The molecule has 0 bridgehead atoms. The summed E-state index contributed by atoms with van der Waals surface area (Å²) < 4.78 is 34.3. The Hall–Kier alpha value is -2.36. The van der Waals surface area contributed by atoms with E-state index in [4.69, 9.17) is 18.4 Å². The van der Waals surface area contributed by atoms with Crippen molar-refractivity contribution in [2.24, 2.45) is 0 Å². The van der Waals surface area contributed by atoms with Crippen LogP contribution in [-0.4, -0.2) is 75.1 Å². The van der Waals surface area contributed by atoms with Crippen LogP contribution >= 0.6 is 0 Å². The van der Waals surface area contributed by atoms with Gasteiger partial charge in [-0.25, -0.2) is 0 Å². The van der Waals surface area contributed by atoms with E-state index >= 15 is 0 Å². The van der Waals surface area contributed by atoms with Crippen LogP contribution in [0, 0.1) is 0 Å². The van der Waals surface area contributed by atoms with Crippen molar-refractivity contribution in [2.75, 3.05) is 0 Å². The van der Waals surface area contributed by atoms with Gasteiger partial charge < -0.3 is 0 Å². The van der Waals surface area contributed by atoms with Crippen LogP contribution in [0.5, 0.6) is 0 Å². The molecule has 2 aliphatic heterocycles. The second kappa shape index (κ2) is 20.1. The zero-order chi connectivity index (χ0) is 34.2. The van der Waals surface area contributed by atoms with Crippen LogP contribution in [0.2, 0.25) is 8.87 Å². The van der Waals surface area contributed by atoms with Crippen molar-refractivity contribution in [1.82, 2.24) is 0 Å². The van der Waals surface area contributed by atoms with Gasteiger partial charge in [0.05, 0.1) is 0 Å². The first-order valence-corrected chi connectivity index (χ1v) is 27.5. The molecule has 0 saturated heterocycles. The Morgan fingerprint density at radius 1 is 0.630 bits per heavy atom. The average Bonchev–Trinajstić information content (AvgIpc) is 3.20. The van der Waals surface area contributed by atoms with Crippen LogP contribution in [0.25, 0.3) is 0 Å². The summed E-state index contributed by atoms with van der Waals surface area (Å²) in [5, 5.41) is 0. The Morgan fingerprint density at radius 2 is 1.07 bits per heavy atom. The van der Waals surface area contributed by atoms with Crippen molar-refractivity contribution in [3.8, 4) is 0 Å². The third-order valence-corrected chi connectivity index (χ3v) is 21.4. The van der Waals surface area contributed by atoms with Gasteiger partial charge in [-0.3, -0.25) is 0 Å². The third-order valence-electron chi connectivity index (χ3n) is 7.25. The molecule has 14 heteroatoms. The van der Waals surface area contributed by atoms with E-state index in [0.717, 1.165) is 31.1 Å². The van der Waals surface area contributed by atoms with E-state index < -0.39 is 75.1 Å². The van der Waals surface area contributed by atoms with Crippen molar-refractivity contribution in [2.45, 2.75) is 127 Å². The maximum absolute atomic E-state index is 13.6. The van der Waals surface area contributed by atoms with Gasteiger partial charge in [0, 0.05) is 0 Å². The summed E-state index contributed by atoms with van der Waals surface area (Å²) in [6, 6.07) is 0. The van der Waals surface area contributed by atoms with Gasteiger partial charge in [-0.2, -0.15) is 0 Å². The van der Waals surface area contributed by atoms with Crippen molar-refractivity contribution in [1.29, 1.82) is 0 Å². The van der Waals surface area contributed by atoms with Crippen molar-refractivity contribution in [3.05, 3.63) is 34.9 Å². The van der Waals surface area contributed by atoms with Gasteiger partial charge in [0.15, 0.2) is 0 Å². The summed E-state index contributed by atoms with van der Waals surface area (Å²) >= 11 is -10.3. The van der Waals surface area contributed by atoms with E-state index in [1.807, 2.05) is 34.6 Å². The molecule has 12 nitrogen and oxygen atoms in total. The van der Waals surface area contributed by atoms with Crippen LogP contribution in [0.4, 0.5) is 0 Å². The Labute approximate surface area is 282 Å². The van der Waals surface area contributed by atoms with Crippen LogP contribution in [0.3, 0.4) is 0 Å². The first kappa shape index (κ1) is 39.8. The standard InChI is InChI=1S/3C8H12O4.2C4H9.2Sn/c3*1-2-3-4-6(8(11)12)5-7(9)10;2*1-3-4-2;;/h3*5H,2-4H2,1H3,(H,9,10)(H,11,12);2*1,3-4H2,2H3;;/q;;;;;2*+3/p-6/b6-5-;;;;;;. The molecule has 0 aromatic heterocycles. The van der Waals surface area contributed by atoms with Crippen molar-refractivity contribution >= 4 is 75.1 Å². The summed E-state index contributed by atoms with van der Waals surface area (Å²) in [4.78, 5) is 78.4. The summed E-state index contributed by atoms with van der Waals surface area (Å²) in [5.41, 5.74) is 0.221. The molecule has 0 radical (unpaired) electrons. The van der Waals surface area contributed by atoms with E-state index in [1.54, 1.807) is 0 Å². The van der Waals surface area contributed by atoms with Gasteiger partial charge in [-0.05, 0) is 0 Å². The quantitative estimate of drug-likeness (QED) is 0.109. The van der Waals surface area contributed by atoms with E-state index in [2.05, 4.69) is 0 Å². The molecule has 0 spiro atoms. The van der Waals surface area contributed by atoms with Gasteiger partial charge in [0.1, 0.15) is 0 Å². The zero-order valence-electron chi connectivity index (χ0n) is 27.7. The van der Waals surface area contributed by atoms with Gasteiger partial charge in [-0.15, -0.1) is 0 Å². The normalized spacial score (nSPS) is 21.9. The molecule has 2 heterocycles. The molecule has 0 saturated carbocycles. The first-order chi connectivity index (χ1) is 22.0. The SMILES string of the molecule is CCCCC1=CC(=O)[O][Sn]([CH2]CCC)([O]C(=O)/C=C(/CCCC)C(=O)[O][Sn]2([CH2]CCC)[O]C(=O)C=C(CCCC)C(=O)[O]2)[O]C1=O. The second-order valence-corrected chi connectivity index (χ2v) is 25.5. The maximum atomic E-state index is 13.6. The molecule has 0 aromatic carbocycles. The fourth-order valence-corrected chi connectivity index (χ4v) is 18.2. The summed E-state index contributed by atoms with van der Waals surface area (Å²) in [7, 11) is 0. The molecule has 0 aliphatic carbocycles. The molecule has 256 valence electrons. The second-order valence-electron chi connectivity index (χ2n) is 11.3. The Bertz CT molecular complexity index is 1220. The fourth-order valence-electron chi connectivity index (χ4n) is 4.61. The topological polar surface area (TPSA) is 158 Å². The van der Waals surface area contributed by atoms with Crippen LogP contribution in [-0.2, 0) is 47.2 Å². The number of hydrogen-bond acceptors (Lipinski definition) is 12. The van der Waals surface area contributed by atoms with Crippen molar-refractivity contribution < 1.29 is 47.2 Å². The zero-order valence-corrected chi connectivity index (χ0v) is 33.4. The summed E-state index contributed by atoms with van der Waals surface area (Å²) in [6.45, 7) is 9.57. The Kier molecular flexibility index (Phi) is 17.4. The van der Waals surface area contributed by atoms with Crippen molar-refractivity contribution in [3.63, 3.8) is 0 Å². The number of hydrogen-bond donors (Lipinski definition) is 0. The van der Waals surface area contributed by atoms with Gasteiger partial charge in [0.2, 0.25) is 0 Å². The molecule has 46 heavy (non-hydrogen) atoms. The van der Waals surface area contributed by atoms with Crippen LogP contribution < -0.4 is 0 Å². The molecule has 0 amide bonds. The predicted molar refractivity (Wildman–Crippen MR) is 170 cm³/mol. The van der Waals surface area contributed by atoms with Crippen LogP contribution in [0.1, 0.15) is 118 Å². The molecule has 0 N–H and O–H groups in total. The Balaban J connectivity index is 2.38. The number of carbonyl (C=O) groups excluding carboxylic acids is 6. The molecule has 0 aromatic rings. The monoisotopic (exact) mass is 864 g/mol. The minimum atomic E-state index is -5.19. The van der Waals surface area contributed by atoms with E-state index in [9.17, 15) is 28.8 Å². The minimum absolute atomic E-state index is 0.0850. The van der Waals surface area contributed by atoms with Gasteiger partial charge in [-0.1, -0.05) is 0 Å². The molecule has 2 atom stereocenters. The Morgan fingerprint density at radius 3 is 1.50 bits per heavy atom. The first-order valence-electron chi connectivity index (χ1n) is 16.5. The van der Waals surface area contributed by atoms with Crippen LogP contribution in [0.15, 0.2) is 34.9 Å². The molecule has 0 fully saturated rings. The van der Waals surface area contributed by atoms with E-state index in [1.165, 1.54) is 0 Å². The van der Waals surface area contributed by atoms with Gasteiger partial charge in [0.25, 0.3) is 0 Å². The number of carbonyl (C=O) groups is 6. The fraction of sp³-hybridized carbons (Fsp3) is 0.625. The van der Waals surface area contributed by atoms with Gasteiger partial charge >= 0.3 is 284 Å². The molecular weight excluding hydrogens is 814 g/mol. The summed E-state index contributed by atoms with van der Waals surface area (Å²) in [6.07, 6.45) is 10.2. The molecule has 2 unspecified atom stereocenters. The number of rotatable bonds is 19. The van der Waals surface area contributed by atoms with E-state index in [0.29, 0.717) is 64.2 Å². The molecular formula is C32H48O12Sn2. The number of unbranched alkanes of at least 4 members (excludes halogenated alkanes) is 5.